The van der Waals surface area contributed by atoms with E-state index in [2.05, 4.69) is 20.7 Å². The number of furan rings is 1. The van der Waals surface area contributed by atoms with E-state index in [1.54, 1.807) is 18.4 Å². The Morgan fingerprint density at radius 1 is 1.36 bits per heavy atom. The molecule has 1 N–H and O–H groups in total. The van der Waals surface area contributed by atoms with Gasteiger partial charge in [-0.05, 0) is 32.4 Å². The Balaban J connectivity index is 1.58. The largest absolute Gasteiger partial charge is 0.462 e. The maximum atomic E-state index is 12.0. The van der Waals surface area contributed by atoms with E-state index < -0.39 is 0 Å². The van der Waals surface area contributed by atoms with Gasteiger partial charge in [0.25, 0.3) is 0 Å². The molecule has 3 rings (SSSR count). The molecule has 3 aromatic rings. The number of hydrogen-bond acceptors (Lipinski definition) is 7. The van der Waals surface area contributed by atoms with Gasteiger partial charge in [0.05, 0.1) is 12.0 Å². The van der Waals surface area contributed by atoms with E-state index in [0.717, 1.165) is 17.0 Å². The molecule has 22 heavy (non-hydrogen) atoms. The Morgan fingerprint density at radius 2 is 2.23 bits per heavy atom. The van der Waals surface area contributed by atoms with Crippen LogP contribution in [0, 0.1) is 13.8 Å². The van der Waals surface area contributed by atoms with Crippen molar-refractivity contribution in [3.63, 3.8) is 0 Å². The summed E-state index contributed by atoms with van der Waals surface area (Å²) in [5.74, 6) is 1.26. The SMILES string of the molecule is Cc1noc(C)c1CCC(=O)Nc1nnc(-c2ccco2)s1. The number of hydrogen-bond donors (Lipinski definition) is 1. The Hall–Kier alpha value is -2.48. The zero-order chi connectivity index (χ0) is 15.5. The smallest absolute Gasteiger partial charge is 0.226 e. The number of amides is 1. The number of rotatable bonds is 5. The van der Waals surface area contributed by atoms with Gasteiger partial charge in [0, 0.05) is 12.0 Å². The van der Waals surface area contributed by atoms with Crippen molar-refractivity contribution in [2.45, 2.75) is 26.7 Å². The van der Waals surface area contributed by atoms with Crippen LogP contribution < -0.4 is 5.32 Å². The van der Waals surface area contributed by atoms with Gasteiger partial charge >= 0.3 is 0 Å². The van der Waals surface area contributed by atoms with Crippen molar-refractivity contribution in [2.24, 2.45) is 0 Å². The van der Waals surface area contributed by atoms with Crippen LogP contribution in [0.3, 0.4) is 0 Å². The van der Waals surface area contributed by atoms with Crippen molar-refractivity contribution < 1.29 is 13.7 Å². The zero-order valence-corrected chi connectivity index (χ0v) is 12.9. The van der Waals surface area contributed by atoms with Gasteiger partial charge in [0.2, 0.25) is 11.0 Å². The van der Waals surface area contributed by atoms with Crippen molar-refractivity contribution >= 4 is 22.4 Å². The van der Waals surface area contributed by atoms with Gasteiger partial charge in [-0.3, -0.25) is 4.79 Å². The number of aryl methyl sites for hydroxylation is 2. The molecule has 0 aliphatic carbocycles. The predicted octanol–water partition coefficient (Wildman–Crippen LogP) is 2.97. The van der Waals surface area contributed by atoms with Crippen LogP contribution in [0.2, 0.25) is 0 Å². The van der Waals surface area contributed by atoms with E-state index >= 15 is 0 Å². The summed E-state index contributed by atoms with van der Waals surface area (Å²) in [6.07, 6.45) is 2.48. The third kappa shape index (κ3) is 3.06. The minimum atomic E-state index is -0.123. The standard InChI is InChI=1S/C14H14N4O3S/c1-8-10(9(2)21-18-8)5-6-12(19)15-14-17-16-13(22-14)11-4-3-7-20-11/h3-4,7H,5-6H2,1-2H3,(H,15,17,19). The third-order valence-electron chi connectivity index (χ3n) is 3.19. The molecule has 0 saturated heterocycles. The fourth-order valence-electron chi connectivity index (χ4n) is 2.05. The highest BCUT2D eigenvalue weighted by Gasteiger charge is 2.14. The summed E-state index contributed by atoms with van der Waals surface area (Å²) in [5, 5.41) is 15.6. The fraction of sp³-hybridized carbons (Fsp3) is 0.286. The minimum Gasteiger partial charge on any atom is -0.462 e. The summed E-state index contributed by atoms with van der Waals surface area (Å²) in [7, 11) is 0. The average molecular weight is 318 g/mol. The first-order valence-electron chi connectivity index (χ1n) is 6.72. The molecule has 8 heteroatoms. The highest BCUT2D eigenvalue weighted by molar-refractivity contribution is 7.18. The molecule has 0 aliphatic rings. The topological polar surface area (TPSA) is 94.1 Å². The van der Waals surface area contributed by atoms with Crippen LogP contribution in [0.25, 0.3) is 10.8 Å². The molecule has 0 aromatic carbocycles. The summed E-state index contributed by atoms with van der Waals surface area (Å²) < 4.78 is 10.3. The Kier molecular flexibility index (Phi) is 4.01. The lowest BCUT2D eigenvalue weighted by Crippen LogP contribution is -2.12. The van der Waals surface area contributed by atoms with E-state index in [-0.39, 0.29) is 5.91 Å². The maximum Gasteiger partial charge on any atom is 0.226 e. The number of aromatic nitrogens is 3. The van der Waals surface area contributed by atoms with Crippen molar-refractivity contribution in [3.8, 4) is 10.8 Å². The number of nitrogens with zero attached hydrogens (tertiary/aromatic N) is 3. The number of carbonyl (C=O) groups excluding carboxylic acids is 1. The number of anilines is 1. The molecular weight excluding hydrogens is 304 g/mol. The molecule has 1 amide bonds. The first kappa shape index (κ1) is 14.5. The molecule has 3 aromatic heterocycles. The van der Waals surface area contributed by atoms with Gasteiger partial charge in [0.15, 0.2) is 10.8 Å². The van der Waals surface area contributed by atoms with E-state index in [9.17, 15) is 4.79 Å². The molecule has 114 valence electrons. The van der Waals surface area contributed by atoms with Gasteiger partial charge < -0.3 is 14.3 Å². The highest BCUT2D eigenvalue weighted by atomic mass is 32.1. The van der Waals surface area contributed by atoms with Crippen LogP contribution in [0.1, 0.15) is 23.4 Å². The predicted molar refractivity (Wildman–Crippen MR) is 80.5 cm³/mol. The molecule has 0 atom stereocenters. The normalized spacial score (nSPS) is 10.8. The molecule has 0 saturated carbocycles. The van der Waals surface area contributed by atoms with Gasteiger partial charge in [-0.25, -0.2) is 0 Å². The number of carbonyl (C=O) groups is 1. The molecule has 0 aliphatic heterocycles. The lowest BCUT2D eigenvalue weighted by atomic mass is 10.1. The minimum absolute atomic E-state index is 0.123. The van der Waals surface area contributed by atoms with Gasteiger partial charge in [-0.2, -0.15) is 0 Å². The number of nitrogens with one attached hydrogen (secondary N) is 1. The van der Waals surface area contributed by atoms with Crippen molar-refractivity contribution in [2.75, 3.05) is 5.32 Å². The molecular formula is C14H14N4O3S. The molecule has 0 fully saturated rings. The summed E-state index contributed by atoms with van der Waals surface area (Å²) in [4.78, 5) is 12.0. The zero-order valence-electron chi connectivity index (χ0n) is 12.1. The molecule has 0 unspecified atom stereocenters. The maximum absolute atomic E-state index is 12.0. The van der Waals surface area contributed by atoms with Gasteiger partial charge in [-0.1, -0.05) is 16.5 Å². The highest BCUT2D eigenvalue weighted by Crippen LogP contribution is 2.26. The van der Waals surface area contributed by atoms with Crippen LogP contribution in [-0.4, -0.2) is 21.3 Å². The first-order chi connectivity index (χ1) is 10.6. The molecule has 3 heterocycles. The lowest BCUT2D eigenvalue weighted by Gasteiger charge is -2.01. The van der Waals surface area contributed by atoms with Crippen molar-refractivity contribution in [1.29, 1.82) is 0 Å². The first-order valence-corrected chi connectivity index (χ1v) is 7.54. The second-order valence-electron chi connectivity index (χ2n) is 4.74. The second-order valence-corrected chi connectivity index (χ2v) is 5.72. The Bertz CT molecular complexity index is 756. The van der Waals surface area contributed by atoms with E-state index in [1.165, 1.54) is 11.3 Å². The van der Waals surface area contributed by atoms with Crippen LogP contribution in [0.5, 0.6) is 0 Å². The average Bonchev–Trinajstić information content (AvgIpc) is 3.20. The van der Waals surface area contributed by atoms with E-state index in [0.29, 0.717) is 28.7 Å². The second kappa shape index (κ2) is 6.10. The molecule has 0 bridgehead atoms. The van der Waals surface area contributed by atoms with Gasteiger partial charge in [-0.15, -0.1) is 10.2 Å². The molecule has 7 nitrogen and oxygen atoms in total. The quantitative estimate of drug-likeness (QED) is 0.777. The fourth-order valence-corrected chi connectivity index (χ4v) is 2.78. The van der Waals surface area contributed by atoms with Crippen molar-refractivity contribution in [3.05, 3.63) is 35.4 Å². The lowest BCUT2D eigenvalue weighted by molar-refractivity contribution is -0.116. The summed E-state index contributed by atoms with van der Waals surface area (Å²) in [5.41, 5.74) is 1.80. The molecule has 0 radical (unpaired) electrons. The van der Waals surface area contributed by atoms with Crippen LogP contribution >= 0.6 is 11.3 Å². The Labute approximate surface area is 130 Å². The Morgan fingerprint density at radius 3 is 2.91 bits per heavy atom. The molecule has 0 spiro atoms. The van der Waals surface area contributed by atoms with E-state index in [4.69, 9.17) is 8.94 Å². The summed E-state index contributed by atoms with van der Waals surface area (Å²) in [6.45, 7) is 3.71. The monoisotopic (exact) mass is 318 g/mol. The third-order valence-corrected chi connectivity index (χ3v) is 4.04. The van der Waals surface area contributed by atoms with Crippen LogP contribution in [0.4, 0.5) is 5.13 Å². The summed E-state index contributed by atoms with van der Waals surface area (Å²) in [6, 6.07) is 3.57. The van der Waals surface area contributed by atoms with Crippen LogP contribution in [-0.2, 0) is 11.2 Å². The van der Waals surface area contributed by atoms with Crippen LogP contribution in [0.15, 0.2) is 27.3 Å². The van der Waals surface area contributed by atoms with Gasteiger partial charge in [0.1, 0.15) is 5.76 Å². The van der Waals surface area contributed by atoms with Crippen molar-refractivity contribution in [1.82, 2.24) is 15.4 Å². The van der Waals surface area contributed by atoms with E-state index in [1.807, 2.05) is 13.8 Å². The summed E-state index contributed by atoms with van der Waals surface area (Å²) >= 11 is 1.27.